The van der Waals surface area contributed by atoms with Gasteiger partial charge in [-0.25, -0.2) is 4.98 Å². The van der Waals surface area contributed by atoms with Crippen LogP contribution < -0.4 is 5.73 Å². The Labute approximate surface area is 105 Å². The zero-order chi connectivity index (χ0) is 12.3. The molecule has 1 aromatic heterocycles. The second-order valence-corrected chi connectivity index (χ2v) is 5.17. The molecule has 0 saturated heterocycles. The van der Waals surface area contributed by atoms with E-state index in [0.29, 0.717) is 5.22 Å². The molecule has 0 spiro atoms. The Kier molecular flexibility index (Phi) is 3.86. The maximum Gasteiger partial charge on any atom is 0.260 e. The van der Waals surface area contributed by atoms with E-state index in [1.165, 1.54) is 27.8 Å². The molecule has 3 nitrogen and oxygen atoms in total. The van der Waals surface area contributed by atoms with Gasteiger partial charge >= 0.3 is 0 Å². The molecule has 0 amide bonds. The fourth-order valence-corrected chi connectivity index (χ4v) is 2.44. The largest absolute Gasteiger partial charge is 0.440 e. The molecule has 17 heavy (non-hydrogen) atoms. The summed E-state index contributed by atoms with van der Waals surface area (Å²) in [5, 5.41) is 0.674. The van der Waals surface area contributed by atoms with Crippen molar-refractivity contribution >= 4 is 11.8 Å². The summed E-state index contributed by atoms with van der Waals surface area (Å²) in [6.07, 6.45) is 4.15. The van der Waals surface area contributed by atoms with Crippen LogP contribution in [-0.2, 0) is 6.42 Å². The first kappa shape index (κ1) is 12.2. The Morgan fingerprint density at radius 1 is 1.47 bits per heavy atom. The van der Waals surface area contributed by atoms with Gasteiger partial charge in [-0.2, -0.15) is 0 Å². The minimum Gasteiger partial charge on any atom is -0.440 e. The van der Waals surface area contributed by atoms with Gasteiger partial charge in [0.1, 0.15) is 6.26 Å². The Morgan fingerprint density at radius 3 is 2.88 bits per heavy atom. The SMILES string of the molecule is Cc1cc(CC(C)N)ccc1Sc1ncco1. The molecule has 0 aliphatic carbocycles. The first-order valence-electron chi connectivity index (χ1n) is 5.57. The van der Waals surface area contributed by atoms with Crippen LogP contribution in [0.4, 0.5) is 0 Å². The fourth-order valence-electron chi connectivity index (χ4n) is 1.68. The smallest absolute Gasteiger partial charge is 0.260 e. The molecule has 0 radical (unpaired) electrons. The van der Waals surface area contributed by atoms with E-state index in [1.807, 2.05) is 6.92 Å². The minimum atomic E-state index is 0.194. The maximum absolute atomic E-state index is 5.79. The molecule has 0 fully saturated rings. The average molecular weight is 248 g/mol. The molecule has 0 bridgehead atoms. The molecule has 1 aromatic carbocycles. The van der Waals surface area contributed by atoms with E-state index in [4.69, 9.17) is 10.2 Å². The van der Waals surface area contributed by atoms with Crippen LogP contribution in [0.15, 0.2) is 45.2 Å². The number of oxazole rings is 1. The third-order valence-corrected chi connectivity index (χ3v) is 3.46. The highest BCUT2D eigenvalue weighted by Gasteiger charge is 2.06. The third-order valence-electron chi connectivity index (χ3n) is 2.40. The Bertz CT molecular complexity index is 480. The van der Waals surface area contributed by atoms with Crippen LogP contribution in [0.1, 0.15) is 18.1 Å². The molecular weight excluding hydrogens is 232 g/mol. The average Bonchev–Trinajstić information content (AvgIpc) is 2.74. The Balaban J connectivity index is 2.14. The van der Waals surface area contributed by atoms with Gasteiger partial charge in [-0.15, -0.1) is 0 Å². The second-order valence-electron chi connectivity index (χ2n) is 4.18. The summed E-state index contributed by atoms with van der Waals surface area (Å²) in [5.74, 6) is 0. The van der Waals surface area contributed by atoms with E-state index >= 15 is 0 Å². The van der Waals surface area contributed by atoms with Crippen molar-refractivity contribution in [2.75, 3.05) is 0 Å². The van der Waals surface area contributed by atoms with Gasteiger partial charge in [0, 0.05) is 10.9 Å². The van der Waals surface area contributed by atoms with Crippen LogP contribution in [0, 0.1) is 6.92 Å². The lowest BCUT2D eigenvalue weighted by molar-refractivity contribution is 0.454. The van der Waals surface area contributed by atoms with Crippen LogP contribution in [-0.4, -0.2) is 11.0 Å². The predicted molar refractivity (Wildman–Crippen MR) is 69.2 cm³/mol. The molecular formula is C13H16N2OS. The highest BCUT2D eigenvalue weighted by molar-refractivity contribution is 7.99. The zero-order valence-electron chi connectivity index (χ0n) is 10.0. The number of aromatic nitrogens is 1. The molecule has 90 valence electrons. The standard InChI is InChI=1S/C13H16N2OS/c1-9-7-11(8-10(2)14)3-4-12(9)17-13-15-5-6-16-13/h3-7,10H,8,14H2,1-2H3. The molecule has 1 unspecified atom stereocenters. The number of hydrogen-bond donors (Lipinski definition) is 1. The number of aryl methyl sites for hydroxylation is 1. The lowest BCUT2D eigenvalue weighted by Gasteiger charge is -2.08. The molecule has 0 aliphatic rings. The summed E-state index contributed by atoms with van der Waals surface area (Å²) in [4.78, 5) is 5.27. The Morgan fingerprint density at radius 2 is 2.29 bits per heavy atom. The van der Waals surface area contributed by atoms with Crippen molar-refractivity contribution in [1.82, 2.24) is 4.98 Å². The van der Waals surface area contributed by atoms with Crippen LogP contribution in [0.3, 0.4) is 0 Å². The van der Waals surface area contributed by atoms with E-state index in [1.54, 1.807) is 12.5 Å². The summed E-state index contributed by atoms with van der Waals surface area (Å²) < 4.78 is 5.22. The van der Waals surface area contributed by atoms with Crippen LogP contribution in [0.5, 0.6) is 0 Å². The number of hydrogen-bond acceptors (Lipinski definition) is 4. The topological polar surface area (TPSA) is 52.0 Å². The molecule has 4 heteroatoms. The highest BCUT2D eigenvalue weighted by atomic mass is 32.2. The zero-order valence-corrected chi connectivity index (χ0v) is 10.8. The number of nitrogens with two attached hydrogens (primary N) is 1. The lowest BCUT2D eigenvalue weighted by atomic mass is 10.1. The van der Waals surface area contributed by atoms with E-state index in [0.717, 1.165) is 6.42 Å². The van der Waals surface area contributed by atoms with E-state index in [-0.39, 0.29) is 6.04 Å². The van der Waals surface area contributed by atoms with Gasteiger partial charge in [-0.05, 0) is 49.2 Å². The van der Waals surface area contributed by atoms with Gasteiger partial charge in [-0.1, -0.05) is 12.1 Å². The van der Waals surface area contributed by atoms with Crippen LogP contribution in [0.25, 0.3) is 0 Å². The van der Waals surface area contributed by atoms with Crippen molar-refractivity contribution in [1.29, 1.82) is 0 Å². The van der Waals surface area contributed by atoms with Gasteiger partial charge in [0.2, 0.25) is 0 Å². The van der Waals surface area contributed by atoms with Crippen LogP contribution in [0.2, 0.25) is 0 Å². The van der Waals surface area contributed by atoms with E-state index in [2.05, 4.69) is 30.1 Å². The quantitative estimate of drug-likeness (QED) is 0.903. The number of rotatable bonds is 4. The summed E-state index contributed by atoms with van der Waals surface area (Å²) in [6.45, 7) is 4.11. The first-order valence-corrected chi connectivity index (χ1v) is 6.39. The summed E-state index contributed by atoms with van der Waals surface area (Å²) in [5.41, 5.74) is 8.29. The van der Waals surface area contributed by atoms with Gasteiger partial charge in [-0.3, -0.25) is 0 Å². The fraction of sp³-hybridized carbons (Fsp3) is 0.308. The van der Waals surface area contributed by atoms with Gasteiger partial charge in [0.05, 0.1) is 6.20 Å². The molecule has 1 heterocycles. The number of benzene rings is 1. The van der Waals surface area contributed by atoms with Gasteiger partial charge in [0.15, 0.2) is 0 Å². The molecule has 1 atom stereocenters. The normalized spacial score (nSPS) is 12.6. The lowest BCUT2D eigenvalue weighted by Crippen LogP contribution is -2.17. The monoisotopic (exact) mass is 248 g/mol. The highest BCUT2D eigenvalue weighted by Crippen LogP contribution is 2.29. The van der Waals surface area contributed by atoms with Gasteiger partial charge in [0.25, 0.3) is 5.22 Å². The van der Waals surface area contributed by atoms with Crippen LogP contribution >= 0.6 is 11.8 Å². The summed E-state index contributed by atoms with van der Waals surface area (Å²) in [7, 11) is 0. The molecule has 0 aliphatic heterocycles. The first-order chi connectivity index (χ1) is 8.15. The Hall–Kier alpha value is -1.26. The van der Waals surface area contributed by atoms with Crippen molar-refractivity contribution in [3.63, 3.8) is 0 Å². The third kappa shape index (κ3) is 3.35. The second kappa shape index (κ2) is 5.38. The number of nitrogens with zero attached hydrogens (tertiary/aromatic N) is 1. The van der Waals surface area contributed by atoms with Crippen molar-refractivity contribution in [2.45, 2.75) is 36.4 Å². The van der Waals surface area contributed by atoms with E-state index in [9.17, 15) is 0 Å². The maximum atomic E-state index is 5.79. The van der Waals surface area contributed by atoms with Crippen molar-refractivity contribution in [2.24, 2.45) is 5.73 Å². The van der Waals surface area contributed by atoms with Crippen molar-refractivity contribution in [3.05, 3.63) is 41.8 Å². The van der Waals surface area contributed by atoms with Gasteiger partial charge < -0.3 is 10.2 Å². The summed E-state index contributed by atoms with van der Waals surface area (Å²) >= 11 is 1.54. The van der Waals surface area contributed by atoms with E-state index < -0.39 is 0 Å². The molecule has 2 aromatic rings. The molecule has 2 N–H and O–H groups in total. The van der Waals surface area contributed by atoms with Crippen molar-refractivity contribution in [3.8, 4) is 0 Å². The predicted octanol–water partition coefficient (Wildman–Crippen LogP) is 3.02. The molecule has 2 rings (SSSR count). The van der Waals surface area contributed by atoms with Crippen molar-refractivity contribution < 1.29 is 4.42 Å². The summed E-state index contributed by atoms with van der Waals surface area (Å²) in [6, 6.07) is 6.58. The minimum absolute atomic E-state index is 0.194. The molecule has 0 saturated carbocycles.